The Balaban J connectivity index is 2.26. The molecular weight excluding hydrogens is 268 g/mol. The number of rotatable bonds is 5. The van der Waals surface area contributed by atoms with E-state index < -0.39 is 10.0 Å². The number of ether oxygens (including phenoxy) is 1. The van der Waals surface area contributed by atoms with Crippen molar-refractivity contribution in [2.75, 3.05) is 25.6 Å². The Hall–Kier alpha value is -1.44. The standard InChI is InChI=1S/C12H16N2O4S/c1-8-10-7-9(3-4-11(10)14-12(8)15)19(16,17)13-5-6-18-2/h3-4,7-8,13H,5-6H2,1-2H3,(H,14,15). The quantitative estimate of drug-likeness (QED) is 0.778. The summed E-state index contributed by atoms with van der Waals surface area (Å²) in [5, 5.41) is 2.70. The first-order valence-corrected chi connectivity index (χ1v) is 7.37. The van der Waals surface area contributed by atoms with Crippen molar-refractivity contribution < 1.29 is 17.9 Å². The Bertz CT molecular complexity index is 598. The van der Waals surface area contributed by atoms with Gasteiger partial charge >= 0.3 is 0 Å². The van der Waals surface area contributed by atoms with Crippen molar-refractivity contribution >= 4 is 21.6 Å². The van der Waals surface area contributed by atoms with Gasteiger partial charge in [-0.2, -0.15) is 0 Å². The minimum Gasteiger partial charge on any atom is -0.383 e. The highest BCUT2D eigenvalue weighted by Crippen LogP contribution is 2.33. The zero-order valence-electron chi connectivity index (χ0n) is 10.8. The lowest BCUT2D eigenvalue weighted by Gasteiger charge is -2.08. The van der Waals surface area contributed by atoms with E-state index in [1.807, 2.05) is 0 Å². The van der Waals surface area contributed by atoms with Gasteiger partial charge in [0.1, 0.15) is 0 Å². The Morgan fingerprint density at radius 2 is 2.16 bits per heavy atom. The largest absolute Gasteiger partial charge is 0.383 e. The maximum atomic E-state index is 12.0. The van der Waals surface area contributed by atoms with Gasteiger partial charge in [-0.15, -0.1) is 0 Å². The molecule has 0 saturated heterocycles. The molecule has 1 unspecified atom stereocenters. The molecule has 2 rings (SSSR count). The molecule has 104 valence electrons. The van der Waals surface area contributed by atoms with Gasteiger partial charge in [-0.3, -0.25) is 4.79 Å². The maximum Gasteiger partial charge on any atom is 0.240 e. The smallest absolute Gasteiger partial charge is 0.240 e. The van der Waals surface area contributed by atoms with Crippen molar-refractivity contribution in [3.8, 4) is 0 Å². The first kappa shape index (κ1) is 14.0. The molecule has 1 aliphatic rings. The van der Waals surface area contributed by atoms with Gasteiger partial charge < -0.3 is 10.1 Å². The molecule has 0 bridgehead atoms. The van der Waals surface area contributed by atoms with Crippen molar-refractivity contribution in [1.29, 1.82) is 0 Å². The van der Waals surface area contributed by atoms with Gasteiger partial charge in [-0.05, 0) is 30.7 Å². The first-order chi connectivity index (χ1) is 8.95. The Morgan fingerprint density at radius 1 is 1.42 bits per heavy atom. The third-order valence-corrected chi connectivity index (χ3v) is 4.51. The van der Waals surface area contributed by atoms with Crippen molar-refractivity contribution in [3.63, 3.8) is 0 Å². The van der Waals surface area contributed by atoms with Crippen molar-refractivity contribution in [1.82, 2.24) is 4.72 Å². The molecule has 1 aromatic rings. The summed E-state index contributed by atoms with van der Waals surface area (Å²) in [6, 6.07) is 4.63. The molecule has 1 atom stereocenters. The average molecular weight is 284 g/mol. The van der Waals surface area contributed by atoms with Crippen molar-refractivity contribution in [2.24, 2.45) is 0 Å². The van der Waals surface area contributed by atoms with E-state index in [0.29, 0.717) is 17.9 Å². The van der Waals surface area contributed by atoms with Gasteiger partial charge in [0.15, 0.2) is 0 Å². The SMILES string of the molecule is COCCNS(=O)(=O)c1ccc2c(c1)C(C)C(=O)N2. The van der Waals surface area contributed by atoms with Crippen molar-refractivity contribution in [2.45, 2.75) is 17.7 Å². The lowest BCUT2D eigenvalue weighted by molar-refractivity contribution is -0.116. The highest BCUT2D eigenvalue weighted by atomic mass is 32.2. The number of carbonyl (C=O) groups is 1. The molecule has 1 heterocycles. The normalized spacial score (nSPS) is 18.2. The van der Waals surface area contributed by atoms with Crippen LogP contribution in [0.5, 0.6) is 0 Å². The van der Waals surface area contributed by atoms with Crippen LogP contribution in [0.3, 0.4) is 0 Å². The van der Waals surface area contributed by atoms with Crippen LogP contribution in [0.1, 0.15) is 18.4 Å². The molecule has 0 aromatic heterocycles. The minimum absolute atomic E-state index is 0.114. The summed E-state index contributed by atoms with van der Waals surface area (Å²) < 4.78 is 31.3. The maximum absolute atomic E-state index is 12.0. The number of nitrogens with one attached hydrogen (secondary N) is 2. The van der Waals surface area contributed by atoms with Crippen molar-refractivity contribution in [3.05, 3.63) is 23.8 Å². The number of amides is 1. The number of hydrogen-bond acceptors (Lipinski definition) is 4. The second kappa shape index (κ2) is 5.28. The molecule has 2 N–H and O–H groups in total. The monoisotopic (exact) mass is 284 g/mol. The zero-order chi connectivity index (χ0) is 14.0. The molecule has 19 heavy (non-hydrogen) atoms. The summed E-state index contributed by atoms with van der Waals surface area (Å²) in [5.74, 6) is -0.444. The van der Waals surface area contributed by atoms with E-state index >= 15 is 0 Å². The molecular formula is C12H16N2O4S. The van der Waals surface area contributed by atoms with Crippen LogP contribution < -0.4 is 10.0 Å². The van der Waals surface area contributed by atoms with Crippen LogP contribution in [0.25, 0.3) is 0 Å². The van der Waals surface area contributed by atoms with Crippen LogP contribution in [-0.4, -0.2) is 34.6 Å². The Labute approximate surface area is 112 Å². The first-order valence-electron chi connectivity index (χ1n) is 5.89. The fourth-order valence-corrected chi connectivity index (χ4v) is 2.97. The lowest BCUT2D eigenvalue weighted by atomic mass is 10.0. The van der Waals surface area contributed by atoms with Gasteiger partial charge in [0.2, 0.25) is 15.9 Å². The summed E-state index contributed by atoms with van der Waals surface area (Å²) in [6.45, 7) is 2.26. The van der Waals surface area contributed by atoms with Crippen LogP contribution in [0, 0.1) is 0 Å². The van der Waals surface area contributed by atoms with Gasteiger partial charge in [0.25, 0.3) is 0 Å². The molecule has 0 spiro atoms. The molecule has 7 heteroatoms. The Kier molecular flexibility index (Phi) is 3.88. The van der Waals surface area contributed by atoms with Crippen LogP contribution in [-0.2, 0) is 19.6 Å². The van der Waals surface area contributed by atoms with Gasteiger partial charge in [-0.25, -0.2) is 13.1 Å². The van der Waals surface area contributed by atoms with Crippen LogP contribution in [0.4, 0.5) is 5.69 Å². The lowest BCUT2D eigenvalue weighted by Crippen LogP contribution is -2.27. The molecule has 0 saturated carbocycles. The van der Waals surface area contributed by atoms with Crippen LogP contribution in [0.2, 0.25) is 0 Å². The third-order valence-electron chi connectivity index (χ3n) is 3.05. The number of fused-ring (bicyclic) bond motifs is 1. The predicted molar refractivity (Wildman–Crippen MR) is 70.6 cm³/mol. The van der Waals surface area contributed by atoms with E-state index in [-0.39, 0.29) is 23.3 Å². The summed E-state index contributed by atoms with van der Waals surface area (Å²) >= 11 is 0. The average Bonchev–Trinajstić information content (AvgIpc) is 2.65. The molecule has 0 fully saturated rings. The number of hydrogen-bond donors (Lipinski definition) is 2. The molecule has 1 amide bonds. The zero-order valence-corrected chi connectivity index (χ0v) is 11.6. The topological polar surface area (TPSA) is 84.5 Å². The van der Waals surface area contributed by atoms with E-state index in [4.69, 9.17) is 4.74 Å². The van der Waals surface area contributed by atoms with Gasteiger partial charge in [0, 0.05) is 19.3 Å². The number of carbonyl (C=O) groups excluding carboxylic acids is 1. The summed E-state index contributed by atoms with van der Waals surface area (Å²) in [4.78, 5) is 11.7. The van der Waals surface area contributed by atoms with Crippen LogP contribution in [0.15, 0.2) is 23.1 Å². The van der Waals surface area contributed by atoms with Gasteiger partial charge in [0.05, 0.1) is 17.4 Å². The molecule has 0 radical (unpaired) electrons. The number of anilines is 1. The fourth-order valence-electron chi connectivity index (χ4n) is 1.92. The summed E-state index contributed by atoms with van der Waals surface area (Å²) in [5.41, 5.74) is 1.38. The Morgan fingerprint density at radius 3 is 2.84 bits per heavy atom. The highest BCUT2D eigenvalue weighted by Gasteiger charge is 2.28. The fraction of sp³-hybridized carbons (Fsp3) is 0.417. The van der Waals surface area contributed by atoms with E-state index in [2.05, 4.69) is 10.0 Å². The van der Waals surface area contributed by atoms with E-state index in [9.17, 15) is 13.2 Å². The molecule has 1 aliphatic heterocycles. The minimum atomic E-state index is -3.56. The predicted octanol–water partition coefficient (Wildman–Crippen LogP) is 0.667. The molecule has 1 aromatic carbocycles. The number of benzene rings is 1. The second-order valence-corrected chi connectivity index (χ2v) is 6.12. The van der Waals surface area contributed by atoms with E-state index in [0.717, 1.165) is 0 Å². The molecule has 6 nitrogen and oxygen atoms in total. The van der Waals surface area contributed by atoms with Crippen LogP contribution >= 0.6 is 0 Å². The summed E-state index contributed by atoms with van der Waals surface area (Å²) in [7, 11) is -2.06. The highest BCUT2D eigenvalue weighted by molar-refractivity contribution is 7.89. The number of methoxy groups -OCH3 is 1. The number of sulfonamides is 1. The van der Waals surface area contributed by atoms with Gasteiger partial charge in [-0.1, -0.05) is 0 Å². The third kappa shape index (κ3) is 2.78. The van der Waals surface area contributed by atoms with E-state index in [1.165, 1.54) is 19.2 Å². The summed E-state index contributed by atoms with van der Waals surface area (Å²) in [6.07, 6.45) is 0. The van der Waals surface area contributed by atoms with E-state index in [1.54, 1.807) is 13.0 Å². The molecule has 0 aliphatic carbocycles. The second-order valence-electron chi connectivity index (χ2n) is 4.35.